The highest BCUT2D eigenvalue weighted by molar-refractivity contribution is 5.76. The zero-order valence-electron chi connectivity index (χ0n) is 9.09. The minimum Gasteiger partial charge on any atom is -0.395 e. The molecule has 1 N–H and O–H groups in total. The number of rotatable bonds is 7. The first kappa shape index (κ1) is 15.2. The van der Waals surface area contributed by atoms with Crippen molar-refractivity contribution in [1.82, 2.24) is 4.90 Å². The third-order valence-electron chi connectivity index (χ3n) is 1.91. The molecule has 0 saturated carbocycles. The molecule has 0 aromatic heterocycles. The molecule has 0 radical (unpaired) electrons. The molecule has 0 fully saturated rings. The Hall–Kier alpha value is -0.820. The fourth-order valence-corrected chi connectivity index (χ4v) is 1.09. The number of amides is 1. The summed E-state index contributed by atoms with van der Waals surface area (Å²) in [6.07, 6.45) is -6.06. The van der Waals surface area contributed by atoms with Gasteiger partial charge in [-0.2, -0.15) is 13.2 Å². The van der Waals surface area contributed by atoms with Crippen LogP contribution in [-0.4, -0.2) is 55.5 Å². The Morgan fingerprint density at radius 2 is 2.00 bits per heavy atom. The highest BCUT2D eigenvalue weighted by Crippen LogP contribution is 2.21. The van der Waals surface area contributed by atoms with Crippen molar-refractivity contribution in [2.75, 3.05) is 33.4 Å². The summed E-state index contributed by atoms with van der Waals surface area (Å²) < 4.78 is 40.3. The lowest BCUT2D eigenvalue weighted by atomic mass is 10.2. The molecule has 0 rings (SSSR count). The largest absolute Gasteiger partial charge is 0.395 e. The third-order valence-corrected chi connectivity index (χ3v) is 1.91. The van der Waals surface area contributed by atoms with Crippen molar-refractivity contribution in [2.45, 2.75) is 19.0 Å². The molecule has 0 aromatic rings. The zero-order chi connectivity index (χ0) is 12.6. The topological polar surface area (TPSA) is 49.8 Å². The van der Waals surface area contributed by atoms with E-state index in [1.165, 1.54) is 7.11 Å². The minimum atomic E-state index is -4.33. The van der Waals surface area contributed by atoms with E-state index in [1.54, 1.807) is 0 Å². The second kappa shape index (κ2) is 7.45. The van der Waals surface area contributed by atoms with Crippen LogP contribution < -0.4 is 0 Å². The molecular formula is C9H16F3NO3. The highest BCUT2D eigenvalue weighted by Gasteiger charge is 2.29. The van der Waals surface area contributed by atoms with Crippen LogP contribution in [0.1, 0.15) is 12.8 Å². The SMILES string of the molecule is COCCN(CCO)C(=O)CCC(F)(F)F. The number of nitrogens with zero attached hydrogens (tertiary/aromatic N) is 1. The van der Waals surface area contributed by atoms with Gasteiger partial charge in [-0.05, 0) is 0 Å². The number of carbonyl (C=O) groups is 1. The van der Waals surface area contributed by atoms with Gasteiger partial charge in [-0.1, -0.05) is 0 Å². The van der Waals surface area contributed by atoms with E-state index in [-0.39, 0.29) is 26.3 Å². The molecule has 96 valence electrons. The Kier molecular flexibility index (Phi) is 7.07. The Morgan fingerprint density at radius 3 is 2.44 bits per heavy atom. The van der Waals surface area contributed by atoms with Gasteiger partial charge in [0, 0.05) is 26.6 Å². The van der Waals surface area contributed by atoms with E-state index in [1.807, 2.05) is 0 Å². The molecule has 0 unspecified atom stereocenters. The van der Waals surface area contributed by atoms with Gasteiger partial charge in [0.1, 0.15) is 0 Å². The summed E-state index contributed by atoms with van der Waals surface area (Å²) in [5.41, 5.74) is 0. The Morgan fingerprint density at radius 1 is 1.38 bits per heavy atom. The van der Waals surface area contributed by atoms with Gasteiger partial charge in [-0.3, -0.25) is 4.79 Å². The van der Waals surface area contributed by atoms with Crippen molar-refractivity contribution < 1.29 is 27.8 Å². The molecule has 0 aliphatic carbocycles. The van der Waals surface area contributed by atoms with E-state index < -0.39 is 24.9 Å². The van der Waals surface area contributed by atoms with E-state index in [9.17, 15) is 18.0 Å². The minimum absolute atomic E-state index is 0.0278. The fourth-order valence-electron chi connectivity index (χ4n) is 1.09. The number of ether oxygens (including phenoxy) is 1. The van der Waals surface area contributed by atoms with Crippen LogP contribution in [0.15, 0.2) is 0 Å². The number of aliphatic hydroxyl groups excluding tert-OH is 1. The number of methoxy groups -OCH3 is 1. The van der Waals surface area contributed by atoms with Gasteiger partial charge in [0.15, 0.2) is 0 Å². The normalized spacial score (nSPS) is 11.6. The predicted molar refractivity (Wildman–Crippen MR) is 50.8 cm³/mol. The molecule has 0 aliphatic heterocycles. The molecule has 0 saturated heterocycles. The standard InChI is InChI=1S/C9H16F3NO3/c1-16-7-5-13(4-6-14)8(15)2-3-9(10,11)12/h14H,2-7H2,1H3. The summed E-state index contributed by atoms with van der Waals surface area (Å²) in [5.74, 6) is -0.622. The zero-order valence-corrected chi connectivity index (χ0v) is 9.09. The molecule has 0 bridgehead atoms. The lowest BCUT2D eigenvalue weighted by Gasteiger charge is -2.21. The monoisotopic (exact) mass is 243 g/mol. The van der Waals surface area contributed by atoms with Crippen LogP contribution in [0, 0.1) is 0 Å². The van der Waals surface area contributed by atoms with Crippen LogP contribution in [0.4, 0.5) is 13.2 Å². The van der Waals surface area contributed by atoms with Crippen molar-refractivity contribution >= 4 is 5.91 Å². The second-order valence-electron chi connectivity index (χ2n) is 3.21. The summed E-state index contributed by atoms with van der Waals surface area (Å²) in [6.45, 7) is 0.174. The average Bonchev–Trinajstić information content (AvgIpc) is 2.19. The van der Waals surface area contributed by atoms with Crippen LogP contribution in [0.2, 0.25) is 0 Å². The molecule has 0 atom stereocenters. The summed E-state index contributed by atoms with van der Waals surface area (Å²) >= 11 is 0. The predicted octanol–water partition coefficient (Wildman–Crippen LogP) is 0.796. The number of hydrogen-bond acceptors (Lipinski definition) is 3. The van der Waals surface area contributed by atoms with Crippen molar-refractivity contribution in [2.24, 2.45) is 0 Å². The van der Waals surface area contributed by atoms with E-state index in [0.717, 1.165) is 4.90 Å². The molecule has 4 nitrogen and oxygen atoms in total. The molecule has 7 heteroatoms. The first-order chi connectivity index (χ1) is 7.40. The van der Waals surface area contributed by atoms with Crippen LogP contribution in [0.25, 0.3) is 0 Å². The molecular weight excluding hydrogens is 227 g/mol. The molecule has 0 aromatic carbocycles. The Bertz CT molecular complexity index is 209. The first-order valence-corrected chi connectivity index (χ1v) is 4.85. The van der Waals surface area contributed by atoms with E-state index in [4.69, 9.17) is 9.84 Å². The van der Waals surface area contributed by atoms with Crippen LogP contribution in [0.3, 0.4) is 0 Å². The smallest absolute Gasteiger partial charge is 0.389 e. The average molecular weight is 243 g/mol. The Balaban J connectivity index is 4.05. The summed E-state index contributed by atoms with van der Waals surface area (Å²) in [4.78, 5) is 12.5. The molecule has 0 spiro atoms. The number of aliphatic hydroxyl groups is 1. The molecule has 1 amide bonds. The second-order valence-corrected chi connectivity index (χ2v) is 3.21. The lowest BCUT2D eigenvalue weighted by molar-refractivity contribution is -0.149. The van der Waals surface area contributed by atoms with Crippen molar-refractivity contribution in [3.05, 3.63) is 0 Å². The van der Waals surface area contributed by atoms with Crippen LogP contribution in [0.5, 0.6) is 0 Å². The van der Waals surface area contributed by atoms with E-state index in [0.29, 0.717) is 0 Å². The maximum absolute atomic E-state index is 11.9. The van der Waals surface area contributed by atoms with Crippen molar-refractivity contribution in [3.63, 3.8) is 0 Å². The van der Waals surface area contributed by atoms with Crippen molar-refractivity contribution in [1.29, 1.82) is 0 Å². The maximum Gasteiger partial charge on any atom is 0.389 e. The fraction of sp³-hybridized carbons (Fsp3) is 0.889. The summed E-state index contributed by atoms with van der Waals surface area (Å²) in [7, 11) is 1.43. The summed E-state index contributed by atoms with van der Waals surface area (Å²) in [5, 5.41) is 8.66. The van der Waals surface area contributed by atoms with Gasteiger partial charge in [-0.15, -0.1) is 0 Å². The number of halogens is 3. The molecule has 16 heavy (non-hydrogen) atoms. The molecule has 0 heterocycles. The van der Waals surface area contributed by atoms with Gasteiger partial charge in [0.25, 0.3) is 0 Å². The van der Waals surface area contributed by atoms with Crippen LogP contribution >= 0.6 is 0 Å². The van der Waals surface area contributed by atoms with Gasteiger partial charge in [0.05, 0.1) is 19.6 Å². The number of carbonyl (C=O) groups excluding carboxylic acids is 1. The number of hydrogen-bond donors (Lipinski definition) is 1. The van der Waals surface area contributed by atoms with Gasteiger partial charge < -0.3 is 14.7 Å². The first-order valence-electron chi connectivity index (χ1n) is 4.85. The van der Waals surface area contributed by atoms with Crippen LogP contribution in [-0.2, 0) is 9.53 Å². The van der Waals surface area contributed by atoms with Gasteiger partial charge in [-0.25, -0.2) is 0 Å². The third kappa shape index (κ3) is 7.47. The quantitative estimate of drug-likeness (QED) is 0.719. The highest BCUT2D eigenvalue weighted by atomic mass is 19.4. The molecule has 0 aliphatic rings. The summed E-state index contributed by atoms with van der Waals surface area (Å²) in [6, 6.07) is 0. The lowest BCUT2D eigenvalue weighted by Crippen LogP contribution is -2.36. The van der Waals surface area contributed by atoms with E-state index in [2.05, 4.69) is 0 Å². The van der Waals surface area contributed by atoms with Gasteiger partial charge >= 0.3 is 6.18 Å². The number of alkyl halides is 3. The van der Waals surface area contributed by atoms with Gasteiger partial charge in [0.2, 0.25) is 5.91 Å². The maximum atomic E-state index is 11.9. The Labute approximate surface area is 92.0 Å². The van der Waals surface area contributed by atoms with E-state index >= 15 is 0 Å². The van der Waals surface area contributed by atoms with Crippen molar-refractivity contribution in [3.8, 4) is 0 Å².